The Kier molecular flexibility index (Phi) is 4.72. The highest BCUT2D eigenvalue weighted by molar-refractivity contribution is 7.00. The van der Waals surface area contributed by atoms with Crippen LogP contribution in [0.4, 0.5) is 0 Å². The van der Waals surface area contributed by atoms with E-state index in [1.54, 1.807) is 48.5 Å². The molecule has 0 amide bonds. The number of carbonyl (C=O) groups is 2. The number of hydrogen-bond donors (Lipinski definition) is 1. The molecule has 1 N–H and O–H groups in total. The molecule has 0 bridgehead atoms. The van der Waals surface area contributed by atoms with E-state index in [2.05, 4.69) is 8.75 Å². The molecule has 2 aromatic carbocycles. The molecule has 0 saturated carbocycles. The monoisotopic (exact) mass is 434 g/mol. The second-order valence-corrected chi connectivity index (χ2v) is 7.31. The van der Waals surface area contributed by atoms with Crippen molar-refractivity contribution >= 4 is 40.1 Å². The van der Waals surface area contributed by atoms with Gasteiger partial charge in [0.2, 0.25) is 6.79 Å². The molecule has 0 fully saturated rings. The Balaban J connectivity index is 1.67. The van der Waals surface area contributed by atoms with Crippen LogP contribution in [-0.4, -0.2) is 32.4 Å². The molecular formula is C22H14N2O6S. The van der Waals surface area contributed by atoms with E-state index in [0.717, 1.165) is 11.7 Å². The molecule has 154 valence electrons. The molecule has 9 heteroatoms. The number of benzene rings is 2. The Bertz CT molecular complexity index is 1340. The van der Waals surface area contributed by atoms with Crippen LogP contribution >= 0.6 is 11.7 Å². The Morgan fingerprint density at radius 1 is 0.968 bits per heavy atom. The van der Waals surface area contributed by atoms with Crippen molar-refractivity contribution in [1.29, 1.82) is 0 Å². The van der Waals surface area contributed by atoms with E-state index in [0.29, 0.717) is 39.4 Å². The van der Waals surface area contributed by atoms with Crippen LogP contribution in [0.3, 0.4) is 0 Å². The first-order valence-electron chi connectivity index (χ1n) is 9.26. The lowest BCUT2D eigenvalue weighted by molar-refractivity contribution is -0.130. The number of rotatable bonds is 6. The topological polar surface area (TPSA) is 112 Å². The van der Waals surface area contributed by atoms with Gasteiger partial charge in [0, 0.05) is 17.6 Å². The highest BCUT2D eigenvalue weighted by Crippen LogP contribution is 2.34. The fourth-order valence-electron chi connectivity index (χ4n) is 3.45. The van der Waals surface area contributed by atoms with Gasteiger partial charge < -0.3 is 19.0 Å². The highest BCUT2D eigenvalue weighted by Gasteiger charge is 2.26. The van der Waals surface area contributed by atoms with E-state index in [4.69, 9.17) is 13.9 Å². The van der Waals surface area contributed by atoms with Crippen LogP contribution in [-0.2, 0) is 11.2 Å². The number of ketones is 1. The lowest BCUT2D eigenvalue weighted by Crippen LogP contribution is -2.14. The number of aliphatic carboxylic acids is 1. The summed E-state index contributed by atoms with van der Waals surface area (Å²) in [5.74, 6) is -0.218. The third-order valence-corrected chi connectivity index (χ3v) is 5.45. The molecule has 5 rings (SSSR count). The number of furan rings is 1. The molecule has 1 aliphatic rings. The standard InChI is InChI=1S/C22H14N2O6S/c25-21(13-4-6-18-19(9-13)30-11-29-18)15(10-14-2-1-7-28-14)20(22(26)27)12-3-5-16-17(8-12)24-31-23-16/h1-9H,10-11H2,(H,26,27). The van der Waals surface area contributed by atoms with Gasteiger partial charge in [0.15, 0.2) is 17.3 Å². The Morgan fingerprint density at radius 3 is 2.58 bits per heavy atom. The minimum absolute atomic E-state index is 0.00919. The lowest BCUT2D eigenvalue weighted by Gasteiger charge is -2.12. The minimum atomic E-state index is -1.22. The number of Topliss-reactive ketones (excluding diaryl/α,β-unsaturated/α-hetero) is 1. The lowest BCUT2D eigenvalue weighted by atomic mass is 9.90. The summed E-state index contributed by atoms with van der Waals surface area (Å²) in [5.41, 5.74) is 1.85. The van der Waals surface area contributed by atoms with Gasteiger partial charge in [0.1, 0.15) is 16.8 Å². The number of allylic oxidation sites excluding steroid dienone is 1. The first-order chi connectivity index (χ1) is 15.1. The molecule has 0 radical (unpaired) electrons. The number of carbonyl (C=O) groups excluding carboxylic acids is 1. The molecular weight excluding hydrogens is 420 g/mol. The van der Waals surface area contributed by atoms with Crippen LogP contribution in [0.1, 0.15) is 21.7 Å². The molecule has 4 aromatic rings. The summed E-state index contributed by atoms with van der Waals surface area (Å²) in [4.78, 5) is 25.9. The zero-order valence-electron chi connectivity index (χ0n) is 15.9. The SMILES string of the molecule is O=C(O)C(=C(Cc1ccco1)C(=O)c1ccc2c(c1)OCO2)c1ccc2nsnc2c1. The fraction of sp³-hybridized carbons (Fsp3) is 0.0909. The van der Waals surface area contributed by atoms with Gasteiger partial charge in [-0.3, -0.25) is 4.79 Å². The van der Waals surface area contributed by atoms with Gasteiger partial charge in [-0.2, -0.15) is 8.75 Å². The van der Waals surface area contributed by atoms with Gasteiger partial charge in [0.05, 0.1) is 23.6 Å². The zero-order valence-corrected chi connectivity index (χ0v) is 16.7. The molecule has 3 heterocycles. The minimum Gasteiger partial charge on any atom is -0.478 e. The van der Waals surface area contributed by atoms with Gasteiger partial charge >= 0.3 is 5.97 Å². The van der Waals surface area contributed by atoms with Crippen molar-refractivity contribution < 1.29 is 28.6 Å². The van der Waals surface area contributed by atoms with Crippen molar-refractivity contribution in [2.24, 2.45) is 0 Å². The van der Waals surface area contributed by atoms with Crippen molar-refractivity contribution in [1.82, 2.24) is 8.75 Å². The third kappa shape index (κ3) is 3.55. The molecule has 0 saturated heterocycles. The van der Waals surface area contributed by atoms with Crippen molar-refractivity contribution in [3.05, 3.63) is 77.3 Å². The molecule has 31 heavy (non-hydrogen) atoms. The van der Waals surface area contributed by atoms with Crippen molar-refractivity contribution in [3.63, 3.8) is 0 Å². The second kappa shape index (κ2) is 7.69. The van der Waals surface area contributed by atoms with E-state index in [1.807, 2.05) is 0 Å². The number of nitrogens with zero attached hydrogens (tertiary/aromatic N) is 2. The summed E-state index contributed by atoms with van der Waals surface area (Å²) < 4.78 is 24.4. The average molecular weight is 434 g/mol. The summed E-state index contributed by atoms with van der Waals surface area (Å²) in [7, 11) is 0. The first-order valence-corrected chi connectivity index (χ1v) is 9.99. The van der Waals surface area contributed by atoms with Gasteiger partial charge in [-0.1, -0.05) is 6.07 Å². The predicted molar refractivity (Wildman–Crippen MR) is 111 cm³/mol. The summed E-state index contributed by atoms with van der Waals surface area (Å²) in [6.45, 7) is 0.0735. The van der Waals surface area contributed by atoms with Gasteiger partial charge in [-0.05, 0) is 48.0 Å². The molecule has 0 aliphatic carbocycles. The van der Waals surface area contributed by atoms with Crippen LogP contribution in [0, 0.1) is 0 Å². The quantitative estimate of drug-likeness (QED) is 0.358. The van der Waals surface area contributed by atoms with E-state index in [9.17, 15) is 14.7 Å². The van der Waals surface area contributed by atoms with Gasteiger partial charge in [0.25, 0.3) is 0 Å². The van der Waals surface area contributed by atoms with E-state index in [1.165, 1.54) is 6.26 Å². The first kappa shape index (κ1) is 19.0. The largest absolute Gasteiger partial charge is 0.478 e. The van der Waals surface area contributed by atoms with Crippen molar-refractivity contribution in [3.8, 4) is 11.5 Å². The summed E-state index contributed by atoms with van der Waals surface area (Å²) in [6, 6.07) is 13.1. The molecule has 0 atom stereocenters. The smallest absolute Gasteiger partial charge is 0.336 e. The molecule has 1 aliphatic heterocycles. The van der Waals surface area contributed by atoms with E-state index in [-0.39, 0.29) is 24.4 Å². The number of ether oxygens (including phenoxy) is 2. The Hall–Kier alpha value is -3.98. The van der Waals surface area contributed by atoms with Gasteiger partial charge in [-0.25, -0.2) is 4.79 Å². The number of aromatic nitrogens is 2. The summed E-state index contributed by atoms with van der Waals surface area (Å²) in [5, 5.41) is 10.1. The maximum atomic E-state index is 13.5. The van der Waals surface area contributed by atoms with E-state index >= 15 is 0 Å². The van der Waals surface area contributed by atoms with Crippen LogP contribution in [0.2, 0.25) is 0 Å². The van der Waals surface area contributed by atoms with Crippen LogP contribution < -0.4 is 9.47 Å². The average Bonchev–Trinajstić information content (AvgIpc) is 3.52. The van der Waals surface area contributed by atoms with E-state index < -0.39 is 11.8 Å². The number of hydrogen-bond acceptors (Lipinski definition) is 8. The number of carboxylic acids is 1. The maximum Gasteiger partial charge on any atom is 0.336 e. The molecule has 0 unspecified atom stereocenters. The van der Waals surface area contributed by atoms with Crippen LogP contribution in [0.25, 0.3) is 16.6 Å². The predicted octanol–water partition coefficient (Wildman–Crippen LogP) is 3.98. The molecule has 0 spiro atoms. The molecule has 8 nitrogen and oxygen atoms in total. The highest BCUT2D eigenvalue weighted by atomic mass is 32.1. The number of carboxylic acid groups (broad SMARTS) is 1. The fourth-order valence-corrected chi connectivity index (χ4v) is 3.96. The number of fused-ring (bicyclic) bond motifs is 2. The van der Waals surface area contributed by atoms with Crippen LogP contribution in [0.5, 0.6) is 11.5 Å². The zero-order chi connectivity index (χ0) is 21.4. The van der Waals surface area contributed by atoms with Crippen molar-refractivity contribution in [2.75, 3.05) is 6.79 Å². The van der Waals surface area contributed by atoms with Crippen LogP contribution in [0.15, 0.2) is 64.8 Å². The normalized spacial score (nSPS) is 13.3. The van der Waals surface area contributed by atoms with Gasteiger partial charge in [-0.15, -0.1) is 0 Å². The Labute approximate surface area is 179 Å². The maximum absolute atomic E-state index is 13.5. The summed E-state index contributed by atoms with van der Waals surface area (Å²) >= 11 is 1.04. The van der Waals surface area contributed by atoms with Crippen molar-refractivity contribution in [2.45, 2.75) is 6.42 Å². The summed E-state index contributed by atoms with van der Waals surface area (Å²) in [6.07, 6.45) is 1.49. The second-order valence-electron chi connectivity index (χ2n) is 6.78. The molecule has 2 aromatic heterocycles. The Morgan fingerprint density at radius 2 is 1.77 bits per heavy atom. The third-order valence-electron chi connectivity index (χ3n) is 4.90.